The molecule has 2 aromatic rings. The number of nitrogens with zero attached hydrogens (tertiary/aromatic N) is 2. The molecular formula is C11H11F2N5. The third-order valence-corrected chi connectivity index (χ3v) is 2.26. The number of hydrogen-bond acceptors (Lipinski definition) is 5. The van der Waals surface area contributed by atoms with Crippen molar-refractivity contribution in [3.63, 3.8) is 0 Å². The van der Waals surface area contributed by atoms with Crippen LogP contribution in [0.1, 0.15) is 5.56 Å². The van der Waals surface area contributed by atoms with Gasteiger partial charge in [-0.05, 0) is 6.07 Å². The van der Waals surface area contributed by atoms with Gasteiger partial charge in [0.1, 0.15) is 17.5 Å². The van der Waals surface area contributed by atoms with Gasteiger partial charge in [-0.3, -0.25) is 0 Å². The zero-order valence-electron chi connectivity index (χ0n) is 9.32. The van der Waals surface area contributed by atoms with Gasteiger partial charge in [0, 0.05) is 30.4 Å². The molecule has 0 radical (unpaired) electrons. The molecule has 5 nitrogen and oxygen atoms in total. The number of hydrazine groups is 1. The molecule has 18 heavy (non-hydrogen) atoms. The van der Waals surface area contributed by atoms with Crippen LogP contribution in [0.4, 0.5) is 20.5 Å². The summed E-state index contributed by atoms with van der Waals surface area (Å²) in [6, 6.07) is 4.97. The zero-order valence-corrected chi connectivity index (χ0v) is 9.32. The second-order valence-corrected chi connectivity index (χ2v) is 3.50. The number of halogens is 2. The lowest BCUT2D eigenvalue weighted by molar-refractivity contribution is 0.574. The van der Waals surface area contributed by atoms with Crippen LogP contribution in [0.25, 0.3) is 0 Å². The molecule has 0 atom stereocenters. The van der Waals surface area contributed by atoms with Gasteiger partial charge in [0.2, 0.25) is 5.95 Å². The fourth-order valence-electron chi connectivity index (χ4n) is 1.36. The number of nitrogens with two attached hydrogens (primary N) is 1. The van der Waals surface area contributed by atoms with Crippen LogP contribution in [0.2, 0.25) is 0 Å². The Morgan fingerprint density at radius 2 is 2.06 bits per heavy atom. The largest absolute Gasteiger partial charge is 0.350 e. The number of rotatable bonds is 4. The third-order valence-electron chi connectivity index (χ3n) is 2.26. The molecule has 0 fully saturated rings. The maximum absolute atomic E-state index is 13.3. The van der Waals surface area contributed by atoms with E-state index in [1.54, 1.807) is 6.07 Å². The summed E-state index contributed by atoms with van der Waals surface area (Å²) in [5.41, 5.74) is 2.69. The minimum absolute atomic E-state index is 0.153. The van der Waals surface area contributed by atoms with Crippen molar-refractivity contribution in [2.75, 3.05) is 10.7 Å². The first-order chi connectivity index (χ1) is 8.69. The summed E-state index contributed by atoms with van der Waals surface area (Å²) >= 11 is 0. The van der Waals surface area contributed by atoms with Crippen molar-refractivity contribution in [2.45, 2.75) is 6.54 Å². The van der Waals surface area contributed by atoms with Gasteiger partial charge >= 0.3 is 0 Å². The summed E-state index contributed by atoms with van der Waals surface area (Å²) in [7, 11) is 0. The molecule has 7 heteroatoms. The molecule has 0 amide bonds. The smallest absolute Gasteiger partial charge is 0.224 e. The van der Waals surface area contributed by atoms with Crippen molar-refractivity contribution in [1.82, 2.24) is 9.97 Å². The van der Waals surface area contributed by atoms with Crippen molar-refractivity contribution in [2.24, 2.45) is 5.84 Å². The van der Waals surface area contributed by atoms with E-state index >= 15 is 0 Å². The molecular weight excluding hydrogens is 240 g/mol. The average Bonchev–Trinajstić information content (AvgIpc) is 2.38. The monoisotopic (exact) mass is 251 g/mol. The van der Waals surface area contributed by atoms with Crippen molar-refractivity contribution < 1.29 is 8.78 Å². The number of hydrogen-bond donors (Lipinski definition) is 3. The number of aromatic nitrogens is 2. The first kappa shape index (κ1) is 12.2. The molecule has 0 bridgehead atoms. The van der Waals surface area contributed by atoms with Gasteiger partial charge < -0.3 is 10.7 Å². The van der Waals surface area contributed by atoms with E-state index in [1.165, 1.54) is 18.3 Å². The van der Waals surface area contributed by atoms with Gasteiger partial charge in [0.15, 0.2) is 0 Å². The van der Waals surface area contributed by atoms with Crippen molar-refractivity contribution in [3.8, 4) is 0 Å². The Morgan fingerprint density at radius 1 is 1.22 bits per heavy atom. The molecule has 0 unspecified atom stereocenters. The first-order valence-electron chi connectivity index (χ1n) is 5.16. The molecule has 4 N–H and O–H groups in total. The van der Waals surface area contributed by atoms with Crippen LogP contribution in [-0.4, -0.2) is 9.97 Å². The molecule has 2 rings (SSSR count). The molecule has 0 aliphatic carbocycles. The van der Waals surface area contributed by atoms with E-state index in [0.717, 1.165) is 6.07 Å². The Hall–Kier alpha value is -2.28. The highest BCUT2D eigenvalue weighted by Crippen LogP contribution is 2.11. The van der Waals surface area contributed by atoms with E-state index in [-0.39, 0.29) is 6.54 Å². The highest BCUT2D eigenvalue weighted by Gasteiger charge is 2.04. The maximum Gasteiger partial charge on any atom is 0.224 e. The van der Waals surface area contributed by atoms with Crippen molar-refractivity contribution in [3.05, 3.63) is 47.7 Å². The molecule has 0 saturated carbocycles. The fourth-order valence-corrected chi connectivity index (χ4v) is 1.36. The molecule has 94 valence electrons. The van der Waals surface area contributed by atoms with Crippen LogP contribution >= 0.6 is 0 Å². The molecule has 0 aliphatic heterocycles. The highest BCUT2D eigenvalue weighted by molar-refractivity contribution is 5.38. The summed E-state index contributed by atoms with van der Waals surface area (Å²) in [6.45, 7) is 0.153. The molecule has 1 aromatic carbocycles. The van der Waals surface area contributed by atoms with Crippen molar-refractivity contribution >= 4 is 11.8 Å². The van der Waals surface area contributed by atoms with Gasteiger partial charge in [-0.25, -0.2) is 19.6 Å². The van der Waals surface area contributed by atoms with Crippen LogP contribution in [0.3, 0.4) is 0 Å². The lowest BCUT2D eigenvalue weighted by Crippen LogP contribution is -2.11. The predicted molar refractivity (Wildman–Crippen MR) is 63.5 cm³/mol. The van der Waals surface area contributed by atoms with E-state index in [1.807, 2.05) is 0 Å². The summed E-state index contributed by atoms with van der Waals surface area (Å²) in [6.07, 6.45) is 1.51. The second kappa shape index (κ2) is 5.37. The maximum atomic E-state index is 13.3. The van der Waals surface area contributed by atoms with E-state index in [2.05, 4.69) is 20.7 Å². The minimum atomic E-state index is -0.615. The third kappa shape index (κ3) is 2.89. The summed E-state index contributed by atoms with van der Waals surface area (Å²) < 4.78 is 26.0. The Labute approximate surface area is 102 Å². The highest BCUT2D eigenvalue weighted by atomic mass is 19.1. The van der Waals surface area contributed by atoms with Gasteiger partial charge in [-0.1, -0.05) is 6.07 Å². The van der Waals surface area contributed by atoms with Crippen LogP contribution < -0.4 is 16.6 Å². The standard InChI is InChI=1S/C11H11F2N5/c12-8-2-1-7(9(13)5-8)6-16-11-15-4-3-10(17-11)18-14/h1-5H,6,14H2,(H2,15,16,17,18). The van der Waals surface area contributed by atoms with Gasteiger partial charge in [0.05, 0.1) is 0 Å². The van der Waals surface area contributed by atoms with Gasteiger partial charge in [-0.15, -0.1) is 0 Å². The van der Waals surface area contributed by atoms with E-state index in [0.29, 0.717) is 17.3 Å². The van der Waals surface area contributed by atoms with Crippen LogP contribution in [-0.2, 0) is 6.54 Å². The Bertz CT molecular complexity index is 547. The zero-order chi connectivity index (χ0) is 13.0. The number of benzene rings is 1. The quantitative estimate of drug-likeness (QED) is 0.569. The minimum Gasteiger partial charge on any atom is -0.350 e. The summed E-state index contributed by atoms with van der Waals surface area (Å²) in [5.74, 6) is 4.71. The molecule has 1 heterocycles. The van der Waals surface area contributed by atoms with Crippen LogP contribution in [0.15, 0.2) is 30.5 Å². The SMILES string of the molecule is NNc1ccnc(NCc2ccc(F)cc2F)n1. The number of anilines is 2. The Morgan fingerprint density at radius 3 is 2.78 bits per heavy atom. The Kier molecular flexibility index (Phi) is 3.63. The summed E-state index contributed by atoms with van der Waals surface area (Å²) in [4.78, 5) is 7.93. The number of nitrogens with one attached hydrogen (secondary N) is 2. The van der Waals surface area contributed by atoms with Crippen molar-refractivity contribution in [1.29, 1.82) is 0 Å². The van der Waals surface area contributed by atoms with Gasteiger partial charge in [0.25, 0.3) is 0 Å². The fraction of sp³-hybridized carbons (Fsp3) is 0.0909. The van der Waals surface area contributed by atoms with Gasteiger partial charge in [-0.2, -0.15) is 4.98 Å². The van der Waals surface area contributed by atoms with E-state index in [9.17, 15) is 8.78 Å². The predicted octanol–water partition coefficient (Wildman–Crippen LogP) is 1.65. The first-order valence-corrected chi connectivity index (χ1v) is 5.16. The van der Waals surface area contributed by atoms with Crippen LogP contribution in [0, 0.1) is 11.6 Å². The molecule has 1 aromatic heterocycles. The lowest BCUT2D eigenvalue weighted by Gasteiger charge is -2.07. The van der Waals surface area contributed by atoms with Crippen LogP contribution in [0.5, 0.6) is 0 Å². The normalized spacial score (nSPS) is 10.2. The second-order valence-electron chi connectivity index (χ2n) is 3.50. The lowest BCUT2D eigenvalue weighted by atomic mass is 10.2. The molecule has 0 spiro atoms. The van der Waals surface area contributed by atoms with E-state index in [4.69, 9.17) is 5.84 Å². The number of nitrogen functional groups attached to an aromatic ring is 1. The summed E-state index contributed by atoms with van der Waals surface area (Å²) in [5, 5.41) is 2.82. The Balaban J connectivity index is 2.06. The van der Waals surface area contributed by atoms with E-state index < -0.39 is 11.6 Å². The average molecular weight is 251 g/mol. The molecule has 0 saturated heterocycles. The topological polar surface area (TPSA) is 75.9 Å². The molecule has 0 aliphatic rings.